The van der Waals surface area contributed by atoms with Crippen LogP contribution >= 0.6 is 0 Å². The molecule has 0 aliphatic carbocycles. The minimum Gasteiger partial charge on any atom is -0.394 e. The van der Waals surface area contributed by atoms with Gasteiger partial charge in [-0.05, 0) is 12.5 Å². The van der Waals surface area contributed by atoms with Crippen LogP contribution in [0.15, 0.2) is 42.7 Å². The van der Waals surface area contributed by atoms with E-state index in [0.29, 0.717) is 31.9 Å². The van der Waals surface area contributed by atoms with Crippen LogP contribution < -0.4 is 5.32 Å². The van der Waals surface area contributed by atoms with E-state index in [0.717, 1.165) is 5.56 Å². The number of hydrogen-bond donors (Lipinski definition) is 3. The van der Waals surface area contributed by atoms with Crippen LogP contribution in [0.5, 0.6) is 0 Å². The summed E-state index contributed by atoms with van der Waals surface area (Å²) in [6.45, 7) is 3.93. The molecule has 1 fully saturated rings. The molecule has 7 heteroatoms. The normalized spacial score (nSPS) is 24.2. The van der Waals surface area contributed by atoms with Gasteiger partial charge < -0.3 is 15.2 Å². The summed E-state index contributed by atoms with van der Waals surface area (Å²) in [6, 6.07) is 10.2. The van der Waals surface area contributed by atoms with Crippen molar-refractivity contribution in [1.29, 1.82) is 0 Å². The molecule has 1 aromatic heterocycles. The number of ether oxygens (including phenoxy) is 1. The molecule has 2 heterocycles. The van der Waals surface area contributed by atoms with Crippen LogP contribution in [0.25, 0.3) is 0 Å². The first-order valence-corrected chi connectivity index (χ1v) is 8.41. The molecule has 0 bridgehead atoms. The van der Waals surface area contributed by atoms with Crippen molar-refractivity contribution in [3.8, 4) is 0 Å². The van der Waals surface area contributed by atoms with Crippen molar-refractivity contribution >= 4 is 5.91 Å². The van der Waals surface area contributed by atoms with Crippen LogP contribution in [0.1, 0.15) is 22.8 Å². The molecular weight excluding hydrogens is 320 g/mol. The Kier molecular flexibility index (Phi) is 5.47. The van der Waals surface area contributed by atoms with Crippen molar-refractivity contribution in [3.63, 3.8) is 0 Å². The predicted octanol–water partition coefficient (Wildman–Crippen LogP) is 0.792. The Labute approximate surface area is 147 Å². The molecule has 1 amide bonds. The Morgan fingerprint density at radius 3 is 2.96 bits per heavy atom. The van der Waals surface area contributed by atoms with E-state index in [1.807, 2.05) is 18.2 Å². The summed E-state index contributed by atoms with van der Waals surface area (Å²) in [5.41, 5.74) is 0.968. The van der Waals surface area contributed by atoms with Crippen molar-refractivity contribution in [2.24, 2.45) is 0 Å². The average Bonchev–Trinajstić information content (AvgIpc) is 3.18. The number of aromatic nitrogens is 2. The number of morpholine rings is 1. The second-order valence-corrected chi connectivity index (χ2v) is 6.53. The monoisotopic (exact) mass is 344 g/mol. The van der Waals surface area contributed by atoms with E-state index < -0.39 is 5.54 Å². The number of rotatable bonds is 6. The van der Waals surface area contributed by atoms with E-state index in [2.05, 4.69) is 39.5 Å². The Morgan fingerprint density at radius 2 is 2.28 bits per heavy atom. The number of nitrogens with zero attached hydrogens (tertiary/aromatic N) is 2. The molecule has 7 nitrogen and oxygen atoms in total. The molecule has 3 N–H and O–H groups in total. The van der Waals surface area contributed by atoms with Crippen molar-refractivity contribution in [2.75, 3.05) is 26.4 Å². The summed E-state index contributed by atoms with van der Waals surface area (Å²) in [6.07, 6.45) is 3.02. The molecule has 1 aromatic carbocycles. The standard InChI is InChI=1S/C18H24N4O3/c1-14-10-25-13-18(12-23,11-19-17(24)16-7-20-21-8-16)22(14)9-15-5-3-2-4-6-15/h2-8,14,23H,9-13H2,1H3,(H,19,24)(H,20,21)/t14-,18+/m1/s1. The molecule has 0 unspecified atom stereocenters. The lowest BCUT2D eigenvalue weighted by molar-refractivity contribution is -0.121. The minimum absolute atomic E-state index is 0.101. The van der Waals surface area contributed by atoms with Gasteiger partial charge in [-0.1, -0.05) is 30.3 Å². The van der Waals surface area contributed by atoms with Gasteiger partial charge in [0, 0.05) is 25.3 Å². The van der Waals surface area contributed by atoms with Gasteiger partial charge in [0.1, 0.15) is 0 Å². The highest BCUT2D eigenvalue weighted by atomic mass is 16.5. The fourth-order valence-corrected chi connectivity index (χ4v) is 3.23. The maximum atomic E-state index is 12.2. The van der Waals surface area contributed by atoms with E-state index in [-0.39, 0.29) is 18.6 Å². The number of aliphatic hydroxyl groups excluding tert-OH is 1. The number of carbonyl (C=O) groups is 1. The summed E-state index contributed by atoms with van der Waals surface area (Å²) in [5, 5.41) is 19.5. The second-order valence-electron chi connectivity index (χ2n) is 6.53. The average molecular weight is 344 g/mol. The highest BCUT2D eigenvalue weighted by Crippen LogP contribution is 2.26. The Hall–Kier alpha value is -2.22. The van der Waals surface area contributed by atoms with Crippen LogP contribution in [-0.2, 0) is 11.3 Å². The summed E-state index contributed by atoms with van der Waals surface area (Å²) < 4.78 is 5.71. The number of hydrogen-bond acceptors (Lipinski definition) is 5. The third-order valence-electron chi connectivity index (χ3n) is 4.70. The van der Waals surface area contributed by atoms with Gasteiger partial charge in [-0.3, -0.25) is 14.8 Å². The molecule has 134 valence electrons. The number of benzene rings is 1. The number of carbonyl (C=O) groups excluding carboxylic acids is 1. The third-order valence-corrected chi connectivity index (χ3v) is 4.70. The summed E-state index contributed by atoms with van der Waals surface area (Å²) in [5.74, 6) is -0.223. The van der Waals surface area contributed by atoms with Crippen molar-refractivity contribution < 1.29 is 14.6 Å². The molecule has 1 aliphatic rings. The molecule has 1 saturated heterocycles. The lowest BCUT2D eigenvalue weighted by atomic mass is 9.94. The molecule has 0 saturated carbocycles. The van der Waals surface area contributed by atoms with E-state index in [1.165, 1.54) is 6.20 Å². The zero-order valence-electron chi connectivity index (χ0n) is 14.3. The molecular formula is C18H24N4O3. The number of nitrogens with one attached hydrogen (secondary N) is 2. The first-order valence-electron chi connectivity index (χ1n) is 8.41. The highest BCUT2D eigenvalue weighted by Gasteiger charge is 2.42. The summed E-state index contributed by atoms with van der Waals surface area (Å²) in [4.78, 5) is 14.5. The van der Waals surface area contributed by atoms with E-state index in [9.17, 15) is 9.90 Å². The highest BCUT2D eigenvalue weighted by molar-refractivity contribution is 5.93. The fourth-order valence-electron chi connectivity index (χ4n) is 3.23. The van der Waals surface area contributed by atoms with Gasteiger partial charge in [-0.15, -0.1) is 0 Å². The van der Waals surface area contributed by atoms with Crippen molar-refractivity contribution in [2.45, 2.75) is 25.0 Å². The Balaban J connectivity index is 1.76. The lowest BCUT2D eigenvalue weighted by Gasteiger charge is -2.49. The van der Waals surface area contributed by atoms with Gasteiger partial charge >= 0.3 is 0 Å². The Morgan fingerprint density at radius 1 is 1.48 bits per heavy atom. The molecule has 0 spiro atoms. The van der Waals surface area contributed by atoms with Crippen LogP contribution in [0, 0.1) is 0 Å². The van der Waals surface area contributed by atoms with Crippen LogP contribution in [-0.4, -0.2) is 64.1 Å². The molecule has 25 heavy (non-hydrogen) atoms. The quantitative estimate of drug-likeness (QED) is 0.721. The van der Waals surface area contributed by atoms with E-state index >= 15 is 0 Å². The number of H-pyrrole nitrogens is 1. The van der Waals surface area contributed by atoms with Gasteiger partial charge in [0.2, 0.25) is 0 Å². The third kappa shape index (κ3) is 3.89. The maximum Gasteiger partial charge on any atom is 0.254 e. The van der Waals surface area contributed by atoms with Crippen molar-refractivity contribution in [3.05, 3.63) is 53.9 Å². The molecule has 2 atom stereocenters. The first-order chi connectivity index (χ1) is 12.1. The molecule has 3 rings (SSSR count). The van der Waals surface area contributed by atoms with E-state index in [1.54, 1.807) is 6.20 Å². The number of aromatic amines is 1. The van der Waals surface area contributed by atoms with Crippen molar-refractivity contribution in [1.82, 2.24) is 20.4 Å². The topological polar surface area (TPSA) is 90.5 Å². The largest absolute Gasteiger partial charge is 0.394 e. The van der Waals surface area contributed by atoms with Crippen LogP contribution in [0.2, 0.25) is 0 Å². The van der Waals surface area contributed by atoms with Gasteiger partial charge in [-0.2, -0.15) is 5.10 Å². The zero-order valence-corrected chi connectivity index (χ0v) is 14.3. The fraction of sp³-hybridized carbons (Fsp3) is 0.444. The Bertz CT molecular complexity index is 677. The minimum atomic E-state index is -0.660. The maximum absolute atomic E-state index is 12.2. The SMILES string of the molecule is C[C@@H]1COC[C@@](CO)(CNC(=O)c2cn[nH]c2)N1Cc1ccccc1. The smallest absolute Gasteiger partial charge is 0.254 e. The summed E-state index contributed by atoms with van der Waals surface area (Å²) in [7, 11) is 0. The lowest BCUT2D eigenvalue weighted by Crippen LogP contribution is -2.66. The number of amides is 1. The van der Waals surface area contributed by atoms with Crippen LogP contribution in [0.4, 0.5) is 0 Å². The van der Waals surface area contributed by atoms with Gasteiger partial charge in [-0.25, -0.2) is 0 Å². The van der Waals surface area contributed by atoms with Gasteiger partial charge in [0.05, 0.1) is 37.1 Å². The van der Waals surface area contributed by atoms with Crippen LogP contribution in [0.3, 0.4) is 0 Å². The predicted molar refractivity (Wildman–Crippen MR) is 93.0 cm³/mol. The molecule has 2 aromatic rings. The van der Waals surface area contributed by atoms with E-state index in [4.69, 9.17) is 4.74 Å². The number of aliphatic hydroxyl groups is 1. The van der Waals surface area contributed by atoms with Gasteiger partial charge in [0.15, 0.2) is 0 Å². The zero-order chi connectivity index (χ0) is 17.7. The van der Waals surface area contributed by atoms with Gasteiger partial charge in [0.25, 0.3) is 5.91 Å². The molecule has 1 aliphatic heterocycles. The first kappa shape index (κ1) is 17.6. The molecule has 0 radical (unpaired) electrons. The second kappa shape index (κ2) is 7.77. The summed E-state index contributed by atoms with van der Waals surface area (Å²) >= 11 is 0.